The van der Waals surface area contributed by atoms with E-state index in [2.05, 4.69) is 59.0 Å². The van der Waals surface area contributed by atoms with Crippen LogP contribution >= 0.6 is 0 Å². The monoisotopic (exact) mass is 385 g/mol. The van der Waals surface area contributed by atoms with Gasteiger partial charge in [0, 0.05) is 37.8 Å². The molecule has 1 amide bonds. The molecule has 2 heterocycles. The minimum Gasteiger partial charge on any atom is -0.338 e. The standard InChI is InChI=1S/C21H31N5O2/c1-14(2)20-23-21(28-24-20)17(5)26-11-9-25(10-12-26)13-19(27)22-18-8-6-7-15(3)16(18)4/h6-8,14,17H,9-13H2,1-5H3,(H,22,27). The maximum atomic E-state index is 12.4. The number of hydrogen-bond acceptors (Lipinski definition) is 6. The molecule has 0 saturated carbocycles. The van der Waals surface area contributed by atoms with Gasteiger partial charge in [-0.25, -0.2) is 0 Å². The second-order valence-corrected chi connectivity index (χ2v) is 7.93. The summed E-state index contributed by atoms with van der Waals surface area (Å²) in [6.45, 7) is 14.1. The molecule has 1 aromatic carbocycles. The van der Waals surface area contributed by atoms with Crippen LogP contribution in [0.5, 0.6) is 0 Å². The fourth-order valence-electron chi connectivity index (χ4n) is 3.40. The van der Waals surface area contributed by atoms with Crippen molar-refractivity contribution < 1.29 is 9.32 Å². The maximum Gasteiger partial charge on any atom is 0.243 e. The highest BCUT2D eigenvalue weighted by Crippen LogP contribution is 2.22. The summed E-state index contributed by atoms with van der Waals surface area (Å²) >= 11 is 0. The fourth-order valence-corrected chi connectivity index (χ4v) is 3.40. The number of aromatic nitrogens is 2. The average molecular weight is 386 g/mol. The van der Waals surface area contributed by atoms with E-state index in [-0.39, 0.29) is 17.9 Å². The van der Waals surface area contributed by atoms with Gasteiger partial charge in [-0.3, -0.25) is 14.6 Å². The summed E-state index contributed by atoms with van der Waals surface area (Å²) < 4.78 is 5.44. The van der Waals surface area contributed by atoms with Gasteiger partial charge in [-0.15, -0.1) is 0 Å². The summed E-state index contributed by atoms with van der Waals surface area (Å²) in [6.07, 6.45) is 0. The van der Waals surface area contributed by atoms with Crippen molar-refractivity contribution in [3.8, 4) is 0 Å². The molecule has 0 aliphatic carbocycles. The van der Waals surface area contributed by atoms with E-state index < -0.39 is 0 Å². The van der Waals surface area contributed by atoms with Crippen LogP contribution < -0.4 is 5.32 Å². The normalized spacial score (nSPS) is 17.1. The molecular weight excluding hydrogens is 354 g/mol. The van der Waals surface area contributed by atoms with Gasteiger partial charge in [0.05, 0.1) is 12.6 Å². The molecule has 1 aromatic heterocycles. The molecule has 0 spiro atoms. The largest absolute Gasteiger partial charge is 0.338 e. The Labute approximate surface area is 167 Å². The quantitative estimate of drug-likeness (QED) is 0.823. The first-order valence-electron chi connectivity index (χ1n) is 10.0. The Kier molecular flexibility index (Phi) is 6.46. The first-order chi connectivity index (χ1) is 13.3. The highest BCUT2D eigenvalue weighted by atomic mass is 16.5. The summed E-state index contributed by atoms with van der Waals surface area (Å²) in [5, 5.41) is 7.11. The topological polar surface area (TPSA) is 74.5 Å². The van der Waals surface area contributed by atoms with Gasteiger partial charge in [0.15, 0.2) is 5.82 Å². The number of carbonyl (C=O) groups excluding carboxylic acids is 1. The number of aryl methyl sites for hydroxylation is 1. The van der Waals surface area contributed by atoms with Gasteiger partial charge in [0.1, 0.15) is 0 Å². The first kappa shape index (κ1) is 20.5. The summed E-state index contributed by atoms with van der Waals surface area (Å²) in [7, 11) is 0. The highest BCUT2D eigenvalue weighted by Gasteiger charge is 2.26. The van der Waals surface area contributed by atoms with Crippen molar-refractivity contribution in [3.05, 3.63) is 41.0 Å². The molecule has 7 heteroatoms. The zero-order valence-electron chi connectivity index (χ0n) is 17.5. The van der Waals surface area contributed by atoms with Crippen LogP contribution in [0.1, 0.15) is 55.6 Å². The van der Waals surface area contributed by atoms with E-state index in [1.807, 2.05) is 19.1 Å². The molecule has 0 bridgehead atoms. The van der Waals surface area contributed by atoms with Crippen LogP contribution in [0.25, 0.3) is 0 Å². The van der Waals surface area contributed by atoms with Crippen LogP contribution in [0.3, 0.4) is 0 Å². The van der Waals surface area contributed by atoms with Gasteiger partial charge in [0.25, 0.3) is 0 Å². The van der Waals surface area contributed by atoms with Gasteiger partial charge < -0.3 is 9.84 Å². The third-order valence-electron chi connectivity index (χ3n) is 5.53. The van der Waals surface area contributed by atoms with Crippen molar-refractivity contribution in [2.45, 2.75) is 46.6 Å². The zero-order valence-corrected chi connectivity index (χ0v) is 17.5. The number of nitrogens with zero attached hydrogens (tertiary/aromatic N) is 4. The Morgan fingerprint density at radius 1 is 1.18 bits per heavy atom. The lowest BCUT2D eigenvalue weighted by molar-refractivity contribution is -0.117. The number of piperazine rings is 1. The lowest BCUT2D eigenvalue weighted by Gasteiger charge is -2.36. The summed E-state index contributed by atoms with van der Waals surface area (Å²) in [6, 6.07) is 6.07. The average Bonchev–Trinajstić information content (AvgIpc) is 3.16. The number of hydrogen-bond donors (Lipinski definition) is 1. The molecule has 1 saturated heterocycles. The number of amides is 1. The third kappa shape index (κ3) is 4.77. The second kappa shape index (κ2) is 8.84. The summed E-state index contributed by atoms with van der Waals surface area (Å²) in [5.41, 5.74) is 3.20. The Morgan fingerprint density at radius 3 is 2.54 bits per heavy atom. The van der Waals surface area contributed by atoms with E-state index in [9.17, 15) is 4.79 Å². The SMILES string of the molecule is Cc1cccc(NC(=O)CN2CCN(C(C)c3nc(C(C)C)no3)CC2)c1C. The first-order valence-corrected chi connectivity index (χ1v) is 10.0. The molecule has 28 heavy (non-hydrogen) atoms. The minimum absolute atomic E-state index is 0.0358. The fraction of sp³-hybridized carbons (Fsp3) is 0.571. The molecule has 1 aliphatic heterocycles. The van der Waals surface area contributed by atoms with E-state index in [0.717, 1.165) is 43.3 Å². The predicted octanol–water partition coefficient (Wildman–Crippen LogP) is 3.13. The number of carbonyl (C=O) groups is 1. The van der Waals surface area contributed by atoms with E-state index in [1.54, 1.807) is 0 Å². The van der Waals surface area contributed by atoms with E-state index in [0.29, 0.717) is 12.4 Å². The number of benzene rings is 1. The van der Waals surface area contributed by atoms with Crippen LogP contribution in [0.2, 0.25) is 0 Å². The van der Waals surface area contributed by atoms with Crippen LogP contribution in [-0.2, 0) is 4.79 Å². The molecule has 152 valence electrons. The van der Waals surface area contributed by atoms with Gasteiger partial charge >= 0.3 is 0 Å². The number of nitrogens with one attached hydrogen (secondary N) is 1. The van der Waals surface area contributed by atoms with E-state index >= 15 is 0 Å². The van der Waals surface area contributed by atoms with Crippen molar-refractivity contribution in [2.24, 2.45) is 0 Å². The summed E-state index contributed by atoms with van der Waals surface area (Å²) in [4.78, 5) is 21.5. The van der Waals surface area contributed by atoms with Crippen molar-refractivity contribution >= 4 is 11.6 Å². The summed E-state index contributed by atoms with van der Waals surface area (Å²) in [5.74, 6) is 1.72. The predicted molar refractivity (Wildman–Crippen MR) is 109 cm³/mol. The van der Waals surface area contributed by atoms with Gasteiger partial charge in [-0.05, 0) is 38.0 Å². The van der Waals surface area contributed by atoms with Crippen LogP contribution in [0.4, 0.5) is 5.69 Å². The van der Waals surface area contributed by atoms with Gasteiger partial charge in [0.2, 0.25) is 11.8 Å². The lowest BCUT2D eigenvalue weighted by atomic mass is 10.1. The molecule has 1 N–H and O–H groups in total. The molecule has 2 aromatic rings. The number of rotatable bonds is 6. The Hall–Kier alpha value is -2.25. The molecule has 1 aliphatic rings. The molecular formula is C21H31N5O2. The second-order valence-electron chi connectivity index (χ2n) is 7.93. The number of anilines is 1. The van der Waals surface area contributed by atoms with E-state index in [4.69, 9.17) is 4.52 Å². The third-order valence-corrected chi connectivity index (χ3v) is 5.53. The zero-order chi connectivity index (χ0) is 20.3. The molecule has 0 radical (unpaired) electrons. The molecule has 1 fully saturated rings. The maximum absolute atomic E-state index is 12.4. The van der Waals surface area contributed by atoms with Crippen LogP contribution in [0.15, 0.2) is 22.7 Å². The molecule has 1 unspecified atom stereocenters. The van der Waals surface area contributed by atoms with Crippen molar-refractivity contribution in [1.29, 1.82) is 0 Å². The lowest BCUT2D eigenvalue weighted by Crippen LogP contribution is -2.49. The van der Waals surface area contributed by atoms with E-state index in [1.165, 1.54) is 5.56 Å². The molecule has 7 nitrogen and oxygen atoms in total. The smallest absolute Gasteiger partial charge is 0.243 e. The van der Waals surface area contributed by atoms with Gasteiger partial charge in [-0.1, -0.05) is 31.1 Å². The highest BCUT2D eigenvalue weighted by molar-refractivity contribution is 5.93. The van der Waals surface area contributed by atoms with Crippen molar-refractivity contribution in [3.63, 3.8) is 0 Å². The minimum atomic E-state index is 0.0358. The Balaban J connectivity index is 1.49. The van der Waals surface area contributed by atoms with Gasteiger partial charge in [-0.2, -0.15) is 4.98 Å². The van der Waals surface area contributed by atoms with Crippen molar-refractivity contribution in [1.82, 2.24) is 19.9 Å². The van der Waals surface area contributed by atoms with Crippen molar-refractivity contribution in [2.75, 3.05) is 38.0 Å². The Morgan fingerprint density at radius 2 is 1.89 bits per heavy atom. The molecule has 1 atom stereocenters. The van der Waals surface area contributed by atoms with Crippen LogP contribution in [0, 0.1) is 13.8 Å². The molecule has 3 rings (SSSR count). The Bertz CT molecular complexity index is 809. The van der Waals surface area contributed by atoms with Crippen LogP contribution in [-0.4, -0.2) is 58.6 Å².